The van der Waals surface area contributed by atoms with Crippen LogP contribution in [0.25, 0.3) is 0 Å². The molecule has 0 radical (unpaired) electrons. The molecule has 0 N–H and O–H groups in total. The molecular formula is C18H21FO4. The van der Waals surface area contributed by atoms with Gasteiger partial charge in [-0.1, -0.05) is 18.7 Å². The minimum Gasteiger partial charge on any atom is -0.468 e. The molecule has 1 heterocycles. The molecule has 1 fully saturated rings. The second-order valence-corrected chi connectivity index (χ2v) is 5.98. The third kappa shape index (κ3) is 3.20. The Morgan fingerprint density at radius 2 is 2.00 bits per heavy atom. The lowest BCUT2D eigenvalue weighted by Crippen LogP contribution is -2.55. The van der Waals surface area contributed by atoms with Crippen LogP contribution in [0, 0.1) is 11.2 Å². The van der Waals surface area contributed by atoms with Gasteiger partial charge in [-0.3, -0.25) is 9.59 Å². The van der Waals surface area contributed by atoms with Gasteiger partial charge in [0.2, 0.25) is 0 Å². The maximum atomic E-state index is 13.0. The molecule has 0 spiro atoms. The molecule has 5 heteroatoms. The molecule has 0 bridgehead atoms. The summed E-state index contributed by atoms with van der Waals surface area (Å²) in [5, 5.41) is 0. The van der Waals surface area contributed by atoms with E-state index in [1.807, 2.05) is 0 Å². The predicted molar refractivity (Wildman–Crippen MR) is 83.3 cm³/mol. The molecule has 0 saturated carbocycles. The average molecular weight is 320 g/mol. The number of esters is 1. The highest BCUT2D eigenvalue weighted by molar-refractivity contribution is 6.13. The van der Waals surface area contributed by atoms with Crippen molar-refractivity contribution in [1.82, 2.24) is 0 Å². The van der Waals surface area contributed by atoms with E-state index < -0.39 is 23.6 Å². The zero-order valence-electron chi connectivity index (χ0n) is 13.6. The van der Waals surface area contributed by atoms with E-state index >= 15 is 0 Å². The van der Waals surface area contributed by atoms with Crippen molar-refractivity contribution in [3.63, 3.8) is 0 Å². The summed E-state index contributed by atoms with van der Waals surface area (Å²) in [6.07, 6.45) is -0.0589. The van der Waals surface area contributed by atoms with Crippen LogP contribution in [0.3, 0.4) is 0 Å². The van der Waals surface area contributed by atoms with Crippen LogP contribution in [0.5, 0.6) is 0 Å². The van der Waals surface area contributed by atoms with Crippen LogP contribution in [0.4, 0.5) is 4.39 Å². The number of hydrogen-bond donors (Lipinski definition) is 0. The van der Waals surface area contributed by atoms with Gasteiger partial charge in [-0.15, -0.1) is 0 Å². The highest BCUT2D eigenvalue weighted by atomic mass is 19.1. The lowest BCUT2D eigenvalue weighted by Gasteiger charge is -2.41. The highest BCUT2D eigenvalue weighted by Gasteiger charge is 2.54. The summed E-state index contributed by atoms with van der Waals surface area (Å²) in [4.78, 5) is 24.8. The van der Waals surface area contributed by atoms with Gasteiger partial charge in [0.05, 0.1) is 19.3 Å². The third-order valence-corrected chi connectivity index (χ3v) is 4.48. The number of carbonyl (C=O) groups excluding carboxylic acids is 2. The Balaban J connectivity index is 2.22. The summed E-state index contributed by atoms with van der Waals surface area (Å²) >= 11 is 0. The van der Waals surface area contributed by atoms with Gasteiger partial charge in [0, 0.05) is 5.57 Å². The molecule has 2 rings (SSSR count). The van der Waals surface area contributed by atoms with E-state index in [1.165, 1.54) is 26.2 Å². The summed E-state index contributed by atoms with van der Waals surface area (Å²) in [6, 6.07) is 6.12. The lowest BCUT2D eigenvalue weighted by atomic mass is 9.72. The number of benzene rings is 1. The van der Waals surface area contributed by atoms with Gasteiger partial charge in [-0.2, -0.15) is 0 Å². The van der Waals surface area contributed by atoms with E-state index in [-0.39, 0.29) is 17.2 Å². The SMILES string of the molecule is C=C1C(=O)[C@](C)(C(=O)OC)[C@H](CCc2ccc(F)cc2)O[C@@H]1C. The van der Waals surface area contributed by atoms with Gasteiger partial charge < -0.3 is 9.47 Å². The number of Topliss-reactive ketones (excluding diaryl/α,β-unsaturated/α-hetero) is 1. The average Bonchev–Trinajstić information content (AvgIpc) is 2.55. The van der Waals surface area contributed by atoms with Crippen LogP contribution in [0.15, 0.2) is 36.4 Å². The summed E-state index contributed by atoms with van der Waals surface area (Å²) in [6.45, 7) is 7.00. The molecule has 0 unspecified atom stereocenters. The molecule has 1 aliphatic heterocycles. The van der Waals surface area contributed by atoms with Crippen LogP contribution >= 0.6 is 0 Å². The summed E-state index contributed by atoms with van der Waals surface area (Å²) < 4.78 is 23.6. The Morgan fingerprint density at radius 1 is 1.39 bits per heavy atom. The Kier molecular flexibility index (Phi) is 5.00. The molecule has 0 amide bonds. The summed E-state index contributed by atoms with van der Waals surface area (Å²) in [5.41, 5.74) is -0.221. The number of ether oxygens (including phenoxy) is 2. The topological polar surface area (TPSA) is 52.6 Å². The van der Waals surface area contributed by atoms with Gasteiger partial charge in [-0.25, -0.2) is 4.39 Å². The normalized spacial score (nSPS) is 27.8. The van der Waals surface area contributed by atoms with Crippen LogP contribution < -0.4 is 0 Å². The van der Waals surface area contributed by atoms with Crippen LogP contribution in [-0.2, 0) is 25.5 Å². The van der Waals surface area contributed by atoms with Gasteiger partial charge in [0.15, 0.2) is 11.2 Å². The van der Waals surface area contributed by atoms with E-state index in [2.05, 4.69) is 6.58 Å². The second kappa shape index (κ2) is 6.62. The van der Waals surface area contributed by atoms with E-state index in [0.29, 0.717) is 12.8 Å². The number of hydrogen-bond acceptors (Lipinski definition) is 4. The second-order valence-electron chi connectivity index (χ2n) is 5.98. The summed E-state index contributed by atoms with van der Waals surface area (Å²) in [7, 11) is 1.25. The molecule has 0 aromatic heterocycles. The van der Waals surface area contributed by atoms with E-state index in [1.54, 1.807) is 19.1 Å². The molecule has 1 aliphatic rings. The van der Waals surface area contributed by atoms with E-state index in [0.717, 1.165) is 5.56 Å². The van der Waals surface area contributed by atoms with E-state index in [9.17, 15) is 14.0 Å². The molecule has 1 aromatic carbocycles. The maximum Gasteiger partial charge on any atom is 0.322 e. The molecule has 1 saturated heterocycles. The zero-order valence-corrected chi connectivity index (χ0v) is 13.6. The fourth-order valence-electron chi connectivity index (χ4n) is 2.87. The molecule has 3 atom stereocenters. The molecular weight excluding hydrogens is 299 g/mol. The minimum absolute atomic E-state index is 0.274. The maximum absolute atomic E-state index is 13.0. The lowest BCUT2D eigenvalue weighted by molar-refractivity contribution is -0.175. The number of aryl methyl sites for hydroxylation is 1. The van der Waals surface area contributed by atoms with Gasteiger partial charge >= 0.3 is 5.97 Å². The first-order valence-electron chi connectivity index (χ1n) is 7.52. The van der Waals surface area contributed by atoms with Crippen molar-refractivity contribution in [2.45, 2.75) is 38.9 Å². The van der Waals surface area contributed by atoms with Crippen molar-refractivity contribution in [1.29, 1.82) is 0 Å². The first kappa shape index (κ1) is 17.3. The van der Waals surface area contributed by atoms with Gasteiger partial charge in [0.1, 0.15) is 5.82 Å². The quantitative estimate of drug-likeness (QED) is 0.486. The van der Waals surface area contributed by atoms with Crippen LogP contribution in [0.1, 0.15) is 25.8 Å². The molecule has 1 aromatic rings. The van der Waals surface area contributed by atoms with Crippen molar-refractivity contribution in [2.24, 2.45) is 5.41 Å². The molecule has 0 aliphatic carbocycles. The number of methoxy groups -OCH3 is 1. The first-order chi connectivity index (χ1) is 10.8. The number of ketones is 1. The Bertz CT molecular complexity index is 622. The minimum atomic E-state index is -1.40. The number of rotatable bonds is 4. The van der Waals surface area contributed by atoms with Crippen molar-refractivity contribution >= 4 is 11.8 Å². The number of carbonyl (C=O) groups is 2. The molecule has 4 nitrogen and oxygen atoms in total. The fourth-order valence-corrected chi connectivity index (χ4v) is 2.87. The van der Waals surface area contributed by atoms with Crippen molar-refractivity contribution < 1.29 is 23.5 Å². The first-order valence-corrected chi connectivity index (χ1v) is 7.52. The smallest absolute Gasteiger partial charge is 0.322 e. The Morgan fingerprint density at radius 3 is 2.57 bits per heavy atom. The van der Waals surface area contributed by atoms with Crippen LogP contribution in [-0.4, -0.2) is 31.1 Å². The standard InChI is InChI=1S/C18H21FO4/c1-11-12(2)23-15(18(3,16(11)20)17(21)22-4)10-7-13-5-8-14(19)9-6-13/h5-6,8-9,12,15H,1,7,10H2,2-4H3/t12-,15+,18-/m1/s1. The van der Waals surface area contributed by atoms with Gasteiger partial charge in [0.25, 0.3) is 0 Å². The predicted octanol–water partition coefficient (Wildman–Crippen LogP) is 2.85. The van der Waals surface area contributed by atoms with Crippen molar-refractivity contribution in [3.05, 3.63) is 47.8 Å². The molecule has 23 heavy (non-hydrogen) atoms. The number of halogens is 1. The van der Waals surface area contributed by atoms with Crippen molar-refractivity contribution in [2.75, 3.05) is 7.11 Å². The van der Waals surface area contributed by atoms with Gasteiger partial charge in [-0.05, 0) is 44.4 Å². The zero-order chi connectivity index (χ0) is 17.2. The van der Waals surface area contributed by atoms with E-state index in [4.69, 9.17) is 9.47 Å². The summed E-state index contributed by atoms with van der Waals surface area (Å²) in [5.74, 6) is -1.27. The van der Waals surface area contributed by atoms with Crippen molar-refractivity contribution in [3.8, 4) is 0 Å². The largest absolute Gasteiger partial charge is 0.468 e. The van der Waals surface area contributed by atoms with Crippen LogP contribution in [0.2, 0.25) is 0 Å². The Labute approximate surface area is 135 Å². The Hall–Kier alpha value is -2.01. The fraction of sp³-hybridized carbons (Fsp3) is 0.444. The highest BCUT2D eigenvalue weighted by Crippen LogP contribution is 2.39. The third-order valence-electron chi connectivity index (χ3n) is 4.48. The molecule has 124 valence electrons. The monoisotopic (exact) mass is 320 g/mol.